The van der Waals surface area contributed by atoms with Gasteiger partial charge < -0.3 is 15.0 Å². The summed E-state index contributed by atoms with van der Waals surface area (Å²) >= 11 is 2.11. The quantitative estimate of drug-likeness (QED) is 0.287. The minimum absolute atomic E-state index is 0.261. The van der Waals surface area contributed by atoms with E-state index in [1.165, 1.54) is 44.9 Å². The molecule has 1 aliphatic carbocycles. The molecule has 0 radical (unpaired) electrons. The molecule has 2 aliphatic rings. The van der Waals surface area contributed by atoms with E-state index >= 15 is 0 Å². The molecule has 1 saturated heterocycles. The predicted octanol–water partition coefficient (Wildman–Crippen LogP) is 4.72. The fraction of sp³-hybridized carbons (Fsp3) is 0.583. The Morgan fingerprint density at radius 2 is 1.91 bits per heavy atom. The smallest absolute Gasteiger partial charge is 0.223 e. The van der Waals surface area contributed by atoms with E-state index in [0.717, 1.165) is 38.0 Å². The lowest BCUT2D eigenvalue weighted by Gasteiger charge is -2.31. The van der Waals surface area contributed by atoms with Gasteiger partial charge in [0.2, 0.25) is 11.8 Å². The van der Waals surface area contributed by atoms with Crippen LogP contribution in [0.2, 0.25) is 0 Å². The second kappa shape index (κ2) is 13.6. The van der Waals surface area contributed by atoms with Gasteiger partial charge in [0.15, 0.2) is 12.1 Å². The lowest BCUT2D eigenvalue weighted by Crippen LogP contribution is -2.44. The number of carbonyl (C=O) groups is 2. The Morgan fingerprint density at radius 3 is 2.51 bits per heavy atom. The normalized spacial score (nSPS) is 21.4. The third-order valence-electron chi connectivity index (χ3n) is 6.70. The Balaban J connectivity index is 0.000000196. The highest BCUT2D eigenvalue weighted by Gasteiger charge is 2.26. The lowest BCUT2D eigenvalue weighted by molar-refractivity contribution is -0.127. The van der Waals surface area contributed by atoms with Gasteiger partial charge in [0.1, 0.15) is 5.69 Å². The molecule has 1 atom stereocenters. The highest BCUT2D eigenvalue weighted by molar-refractivity contribution is 14.2. The fourth-order valence-electron chi connectivity index (χ4n) is 4.43. The average Bonchev–Trinajstić information content (AvgIpc) is 3.30. The van der Waals surface area contributed by atoms with Crippen molar-refractivity contribution >= 4 is 40.6 Å². The highest BCUT2D eigenvalue weighted by Crippen LogP contribution is 2.33. The van der Waals surface area contributed by atoms with Crippen molar-refractivity contribution in [3.05, 3.63) is 29.8 Å². The Kier molecular flexibility index (Phi) is 10.9. The second-order valence-electron chi connectivity index (χ2n) is 9.32. The van der Waals surface area contributed by atoms with Crippen molar-refractivity contribution in [3.63, 3.8) is 0 Å². The molecule has 0 bridgehead atoms. The van der Waals surface area contributed by atoms with E-state index < -0.39 is 5.82 Å². The van der Waals surface area contributed by atoms with Crippen LogP contribution < -0.4 is 10.1 Å². The summed E-state index contributed by atoms with van der Waals surface area (Å²) in [4.78, 5) is 28.9. The minimum atomic E-state index is -0.482. The van der Waals surface area contributed by atoms with Crippen LogP contribution in [0.3, 0.4) is 0 Å². The zero-order valence-electron chi connectivity index (χ0n) is 20.5. The van der Waals surface area contributed by atoms with E-state index in [-0.39, 0.29) is 18.0 Å². The molecule has 8 nitrogen and oxygen atoms in total. The van der Waals surface area contributed by atoms with Gasteiger partial charge in [0.25, 0.3) is 0 Å². The molecule has 192 valence electrons. The fourth-order valence-corrected chi connectivity index (χ4v) is 5.97. The number of halogens is 2. The molecule has 1 saturated carbocycles. The van der Waals surface area contributed by atoms with Crippen molar-refractivity contribution in [1.82, 2.24) is 24.8 Å². The average molecular weight is 617 g/mol. The first-order valence-corrected chi connectivity index (χ1v) is 16.0. The summed E-state index contributed by atoms with van der Waals surface area (Å²) < 4.78 is 20.3. The Hall–Kier alpha value is -1.65. The number of hydrogen-bond donors (Lipinski definition) is 1. The van der Waals surface area contributed by atoms with Crippen LogP contribution in [0.5, 0.6) is 5.88 Å². The van der Waals surface area contributed by atoms with Crippen molar-refractivity contribution in [3.8, 4) is 17.1 Å². The molecule has 0 aromatic carbocycles. The van der Waals surface area contributed by atoms with E-state index in [9.17, 15) is 14.0 Å². The Morgan fingerprint density at radius 1 is 1.23 bits per heavy atom. The lowest BCUT2D eigenvalue weighted by atomic mass is 9.86. The van der Waals surface area contributed by atoms with E-state index in [1.54, 1.807) is 4.45 Å². The molecule has 0 spiro atoms. The number of nitrogens with one attached hydrogen (secondary N) is 1. The summed E-state index contributed by atoms with van der Waals surface area (Å²) in [6, 6.07) is 3.48. The van der Waals surface area contributed by atoms with Gasteiger partial charge in [-0.15, -0.1) is 0 Å². The Labute approximate surface area is 221 Å². The monoisotopic (exact) mass is 617 g/mol. The van der Waals surface area contributed by atoms with E-state index in [2.05, 4.69) is 56.3 Å². The molecule has 35 heavy (non-hydrogen) atoms. The van der Waals surface area contributed by atoms with Gasteiger partial charge in [-0.25, -0.2) is 13.8 Å². The number of aromatic nitrogens is 3. The van der Waals surface area contributed by atoms with Crippen LogP contribution in [0.4, 0.5) is 4.39 Å². The standard InChI is InChI=1S/C14H26N2O.C10H8FIN3O2P/c1-11-3-5-13(6-4-11)15-14(17)12-7-9-16(2)10-8-12;1-17-10-3-7(8(11)4-13-10)9-2-6(5-16)14-15(9)18-12/h11-13H,3-10H2,1-2H3,(H,15,17);2-5,18H,1H3. The van der Waals surface area contributed by atoms with Crippen LogP contribution in [0.1, 0.15) is 55.9 Å². The molecule has 1 N–H and O–H groups in total. The molecule has 4 rings (SSSR count). The number of carbonyl (C=O) groups excluding carboxylic acids is 2. The van der Waals surface area contributed by atoms with Gasteiger partial charge in [-0.2, -0.15) is 5.10 Å². The first kappa shape index (κ1) is 27.9. The molecular formula is C24H34FIN5O3P. The molecule has 3 heterocycles. The zero-order chi connectivity index (χ0) is 25.4. The maximum absolute atomic E-state index is 13.8. The van der Waals surface area contributed by atoms with Gasteiger partial charge in [0, 0.05) is 23.6 Å². The van der Waals surface area contributed by atoms with Crippen LogP contribution in [0, 0.1) is 17.7 Å². The van der Waals surface area contributed by atoms with Crippen LogP contribution in [0.15, 0.2) is 18.3 Å². The molecule has 1 amide bonds. The number of pyridine rings is 1. The van der Waals surface area contributed by atoms with Crippen molar-refractivity contribution in [1.29, 1.82) is 0 Å². The summed E-state index contributed by atoms with van der Waals surface area (Å²) in [6.45, 7) is 4.45. The van der Waals surface area contributed by atoms with Gasteiger partial charge in [-0.05, 0) is 92.7 Å². The van der Waals surface area contributed by atoms with Crippen molar-refractivity contribution < 1.29 is 18.7 Å². The topological polar surface area (TPSA) is 89.4 Å². The number of aldehydes is 1. The van der Waals surface area contributed by atoms with Crippen LogP contribution in [-0.2, 0) is 4.79 Å². The number of piperidine rings is 1. The largest absolute Gasteiger partial charge is 0.481 e. The number of nitrogens with zero attached hydrogens (tertiary/aromatic N) is 4. The van der Waals surface area contributed by atoms with E-state index in [0.29, 0.717) is 35.4 Å². The highest BCUT2D eigenvalue weighted by atomic mass is 127. The molecular weight excluding hydrogens is 583 g/mol. The molecule has 2 fully saturated rings. The predicted molar refractivity (Wildman–Crippen MR) is 145 cm³/mol. The molecule has 2 aromatic heterocycles. The van der Waals surface area contributed by atoms with Crippen LogP contribution >= 0.6 is 28.4 Å². The van der Waals surface area contributed by atoms with Gasteiger partial charge in [-0.3, -0.25) is 9.59 Å². The first-order chi connectivity index (χ1) is 16.8. The molecule has 11 heteroatoms. The van der Waals surface area contributed by atoms with Gasteiger partial charge >= 0.3 is 0 Å². The summed E-state index contributed by atoms with van der Waals surface area (Å²) in [5.74, 6) is 1.27. The maximum atomic E-state index is 13.8. The SMILES string of the molecule is CC1CCC(NC(=O)C2CCN(C)CC2)CC1.COc1cc(-c2cc(C=O)nn2PI)c(F)cn1. The maximum Gasteiger partial charge on any atom is 0.223 e. The molecule has 2 aromatic rings. The summed E-state index contributed by atoms with van der Waals surface area (Å²) in [6.07, 6.45) is 8.96. The summed E-state index contributed by atoms with van der Waals surface area (Å²) in [5, 5.41) is 7.31. The second-order valence-corrected chi connectivity index (χ2v) is 11.4. The minimum Gasteiger partial charge on any atom is -0.481 e. The van der Waals surface area contributed by atoms with E-state index in [1.807, 2.05) is 0 Å². The van der Waals surface area contributed by atoms with Gasteiger partial charge in [0.05, 0.1) is 25.4 Å². The number of ether oxygens (including phenoxy) is 1. The number of likely N-dealkylation sites (tertiary alicyclic amines) is 1. The number of amides is 1. The first-order valence-electron chi connectivity index (χ1n) is 11.9. The molecule has 1 aliphatic heterocycles. The van der Waals surface area contributed by atoms with Crippen LogP contribution in [-0.4, -0.2) is 64.9 Å². The number of rotatable bonds is 6. The van der Waals surface area contributed by atoms with E-state index in [4.69, 9.17) is 4.74 Å². The molecule has 1 unspecified atom stereocenters. The summed E-state index contributed by atoms with van der Waals surface area (Å²) in [5.41, 5.74) is 1.11. The number of hydrogen-bond acceptors (Lipinski definition) is 6. The zero-order valence-corrected chi connectivity index (χ0v) is 23.6. The van der Waals surface area contributed by atoms with Crippen molar-refractivity contribution in [2.75, 3.05) is 27.2 Å². The van der Waals surface area contributed by atoms with Crippen LogP contribution in [0.25, 0.3) is 11.3 Å². The third-order valence-corrected chi connectivity index (χ3v) is 8.57. The van der Waals surface area contributed by atoms with Crippen molar-refractivity contribution in [2.45, 2.75) is 51.5 Å². The van der Waals surface area contributed by atoms with Gasteiger partial charge in [-0.1, -0.05) is 6.92 Å². The summed E-state index contributed by atoms with van der Waals surface area (Å²) in [7, 11) is 3.59. The number of methoxy groups -OCH3 is 1. The van der Waals surface area contributed by atoms with Crippen molar-refractivity contribution in [2.24, 2.45) is 11.8 Å². The Bertz CT molecular complexity index is 992. The third kappa shape index (κ3) is 7.92.